The molecule has 2 heterocycles. The van der Waals surface area contributed by atoms with Crippen molar-refractivity contribution < 1.29 is 14.3 Å². The second-order valence-electron chi connectivity index (χ2n) is 6.31. The zero-order chi connectivity index (χ0) is 15.6. The average Bonchev–Trinajstić information content (AvgIpc) is 2.95. The molecule has 0 bridgehead atoms. The number of hydrogen-bond acceptors (Lipinski definition) is 5. The summed E-state index contributed by atoms with van der Waals surface area (Å²) in [5.74, 6) is -0.350. The maximum atomic E-state index is 12.4. The van der Waals surface area contributed by atoms with Gasteiger partial charge in [0.1, 0.15) is 11.6 Å². The van der Waals surface area contributed by atoms with Crippen LogP contribution in [0, 0.1) is 6.92 Å². The van der Waals surface area contributed by atoms with Gasteiger partial charge in [-0.3, -0.25) is 4.79 Å². The third kappa shape index (κ3) is 4.27. The number of aryl methyl sites for hydroxylation is 1. The van der Waals surface area contributed by atoms with E-state index in [9.17, 15) is 9.59 Å². The summed E-state index contributed by atoms with van der Waals surface area (Å²) in [6.07, 6.45) is 1.77. The number of esters is 1. The molecule has 1 aliphatic rings. The Labute approximate surface area is 129 Å². The number of likely N-dealkylation sites (tertiary alicyclic amines) is 1. The fourth-order valence-electron chi connectivity index (χ4n) is 2.43. The lowest BCUT2D eigenvalue weighted by atomic mass is 10.1. The Morgan fingerprint density at radius 1 is 1.48 bits per heavy atom. The van der Waals surface area contributed by atoms with Gasteiger partial charge in [-0.05, 0) is 40.5 Å². The molecule has 5 nitrogen and oxygen atoms in total. The van der Waals surface area contributed by atoms with Crippen molar-refractivity contribution in [3.63, 3.8) is 0 Å². The standard InChI is InChI=1S/C15H22N2O3S/c1-10-16-11(9-21-10)8-13(18)17-7-5-6-12(17)14(19)20-15(2,3)4/h9,12H,5-8H2,1-4H3/t12-/m0/s1. The van der Waals surface area contributed by atoms with Crippen molar-refractivity contribution in [2.45, 2.75) is 58.6 Å². The molecule has 116 valence electrons. The van der Waals surface area contributed by atoms with Crippen molar-refractivity contribution in [2.75, 3.05) is 6.54 Å². The van der Waals surface area contributed by atoms with E-state index in [4.69, 9.17) is 4.74 Å². The second-order valence-corrected chi connectivity index (χ2v) is 7.38. The molecule has 0 N–H and O–H groups in total. The lowest BCUT2D eigenvalue weighted by Crippen LogP contribution is -2.44. The first kappa shape index (κ1) is 15.9. The van der Waals surface area contributed by atoms with Gasteiger partial charge in [0, 0.05) is 11.9 Å². The van der Waals surface area contributed by atoms with Gasteiger partial charge in [0.2, 0.25) is 5.91 Å². The van der Waals surface area contributed by atoms with Gasteiger partial charge in [-0.1, -0.05) is 0 Å². The monoisotopic (exact) mass is 310 g/mol. The van der Waals surface area contributed by atoms with Crippen LogP contribution in [0.2, 0.25) is 0 Å². The summed E-state index contributed by atoms with van der Waals surface area (Å²) in [5.41, 5.74) is 0.248. The number of thiazole rings is 1. The number of carbonyl (C=O) groups is 2. The van der Waals surface area contributed by atoms with E-state index in [1.54, 1.807) is 4.90 Å². The van der Waals surface area contributed by atoms with Crippen LogP contribution < -0.4 is 0 Å². The normalized spacial score (nSPS) is 18.9. The van der Waals surface area contributed by atoms with Gasteiger partial charge in [-0.2, -0.15) is 0 Å². The van der Waals surface area contributed by atoms with E-state index in [-0.39, 0.29) is 18.3 Å². The molecule has 1 aromatic heterocycles. The summed E-state index contributed by atoms with van der Waals surface area (Å²) in [5, 5.41) is 2.84. The Kier molecular flexibility index (Phi) is 4.66. The summed E-state index contributed by atoms with van der Waals surface area (Å²) in [6.45, 7) is 8.04. The van der Waals surface area contributed by atoms with Crippen LogP contribution in [0.3, 0.4) is 0 Å². The van der Waals surface area contributed by atoms with Gasteiger partial charge >= 0.3 is 5.97 Å². The molecule has 0 spiro atoms. The molecule has 1 saturated heterocycles. The molecule has 0 radical (unpaired) electrons. The van der Waals surface area contributed by atoms with Gasteiger partial charge in [0.05, 0.1) is 17.1 Å². The Morgan fingerprint density at radius 3 is 2.76 bits per heavy atom. The third-order valence-corrected chi connectivity index (χ3v) is 4.07. The fourth-order valence-corrected chi connectivity index (χ4v) is 3.04. The van der Waals surface area contributed by atoms with Crippen molar-refractivity contribution in [1.82, 2.24) is 9.88 Å². The number of ether oxygens (including phenoxy) is 1. The van der Waals surface area contributed by atoms with E-state index in [1.165, 1.54) is 11.3 Å². The Hall–Kier alpha value is -1.43. The van der Waals surface area contributed by atoms with E-state index in [0.29, 0.717) is 13.0 Å². The minimum atomic E-state index is -0.527. The maximum absolute atomic E-state index is 12.4. The summed E-state index contributed by atoms with van der Waals surface area (Å²) in [6, 6.07) is -0.448. The molecule has 6 heteroatoms. The zero-order valence-corrected chi connectivity index (χ0v) is 13.8. The molecular formula is C15H22N2O3S. The highest BCUT2D eigenvalue weighted by Crippen LogP contribution is 2.22. The van der Waals surface area contributed by atoms with Gasteiger partial charge in [0.25, 0.3) is 0 Å². The van der Waals surface area contributed by atoms with Crippen molar-refractivity contribution >= 4 is 23.2 Å². The highest BCUT2D eigenvalue weighted by molar-refractivity contribution is 7.09. The number of rotatable bonds is 3. The van der Waals surface area contributed by atoms with E-state index in [0.717, 1.165) is 17.1 Å². The molecule has 0 aromatic carbocycles. The predicted molar refractivity (Wildman–Crippen MR) is 81.1 cm³/mol. The van der Waals surface area contributed by atoms with E-state index in [1.807, 2.05) is 33.1 Å². The van der Waals surface area contributed by atoms with Crippen molar-refractivity contribution in [1.29, 1.82) is 0 Å². The number of amides is 1. The summed E-state index contributed by atoms with van der Waals surface area (Å²) in [4.78, 5) is 30.5. The first-order valence-corrected chi connectivity index (χ1v) is 8.07. The van der Waals surface area contributed by atoms with Crippen LogP contribution in [0.4, 0.5) is 0 Å². The molecule has 1 aromatic rings. The molecule has 0 unspecified atom stereocenters. The summed E-state index contributed by atoms with van der Waals surface area (Å²) >= 11 is 1.53. The van der Waals surface area contributed by atoms with Crippen LogP contribution in [0.15, 0.2) is 5.38 Å². The molecular weight excluding hydrogens is 288 g/mol. The quantitative estimate of drug-likeness (QED) is 0.804. The zero-order valence-electron chi connectivity index (χ0n) is 13.0. The van der Waals surface area contributed by atoms with Crippen LogP contribution in [0.25, 0.3) is 0 Å². The Morgan fingerprint density at radius 2 is 2.19 bits per heavy atom. The van der Waals surface area contributed by atoms with Gasteiger partial charge in [-0.15, -0.1) is 11.3 Å². The van der Waals surface area contributed by atoms with Crippen LogP contribution in [-0.2, 0) is 20.7 Å². The van der Waals surface area contributed by atoms with Crippen LogP contribution in [0.5, 0.6) is 0 Å². The Bertz CT molecular complexity index is 533. The van der Waals surface area contributed by atoms with E-state index < -0.39 is 11.6 Å². The van der Waals surface area contributed by atoms with Crippen LogP contribution >= 0.6 is 11.3 Å². The minimum absolute atomic E-state index is 0.0475. The van der Waals surface area contributed by atoms with Crippen LogP contribution in [0.1, 0.15) is 44.3 Å². The summed E-state index contributed by atoms with van der Waals surface area (Å²) in [7, 11) is 0. The highest BCUT2D eigenvalue weighted by Gasteiger charge is 2.36. The average molecular weight is 310 g/mol. The smallest absolute Gasteiger partial charge is 0.329 e. The summed E-state index contributed by atoms with van der Waals surface area (Å²) < 4.78 is 5.41. The first-order valence-electron chi connectivity index (χ1n) is 7.19. The lowest BCUT2D eigenvalue weighted by molar-refractivity contribution is -0.163. The molecule has 1 fully saturated rings. The van der Waals surface area contributed by atoms with Crippen molar-refractivity contribution in [2.24, 2.45) is 0 Å². The van der Waals surface area contributed by atoms with E-state index >= 15 is 0 Å². The minimum Gasteiger partial charge on any atom is -0.458 e. The predicted octanol–water partition coefficient (Wildman–Crippen LogP) is 2.33. The molecule has 0 aliphatic carbocycles. The number of aromatic nitrogens is 1. The second kappa shape index (κ2) is 6.13. The lowest BCUT2D eigenvalue weighted by Gasteiger charge is -2.27. The topological polar surface area (TPSA) is 59.5 Å². The number of hydrogen-bond donors (Lipinski definition) is 0. The fraction of sp³-hybridized carbons (Fsp3) is 0.667. The molecule has 1 amide bonds. The van der Waals surface area contributed by atoms with E-state index in [2.05, 4.69) is 4.98 Å². The van der Waals surface area contributed by atoms with Gasteiger partial charge in [0.15, 0.2) is 0 Å². The highest BCUT2D eigenvalue weighted by atomic mass is 32.1. The van der Waals surface area contributed by atoms with Crippen molar-refractivity contribution in [3.8, 4) is 0 Å². The van der Waals surface area contributed by atoms with Gasteiger partial charge in [-0.25, -0.2) is 9.78 Å². The van der Waals surface area contributed by atoms with Crippen LogP contribution in [-0.4, -0.2) is 39.9 Å². The molecule has 1 atom stereocenters. The van der Waals surface area contributed by atoms with Crippen molar-refractivity contribution in [3.05, 3.63) is 16.1 Å². The largest absolute Gasteiger partial charge is 0.458 e. The molecule has 0 saturated carbocycles. The Balaban J connectivity index is 2.00. The third-order valence-electron chi connectivity index (χ3n) is 3.25. The first-order chi connectivity index (χ1) is 9.76. The van der Waals surface area contributed by atoms with Gasteiger partial charge < -0.3 is 9.64 Å². The molecule has 1 aliphatic heterocycles. The number of nitrogens with zero attached hydrogens (tertiary/aromatic N) is 2. The SMILES string of the molecule is Cc1nc(CC(=O)N2CCC[C@H]2C(=O)OC(C)(C)C)cs1. The number of carbonyl (C=O) groups excluding carboxylic acids is 2. The molecule has 2 rings (SSSR count). The maximum Gasteiger partial charge on any atom is 0.329 e. The molecule has 21 heavy (non-hydrogen) atoms.